The summed E-state index contributed by atoms with van der Waals surface area (Å²) < 4.78 is 1.22. The van der Waals surface area contributed by atoms with Crippen LogP contribution in [0.1, 0.15) is 38.3 Å². The van der Waals surface area contributed by atoms with Gasteiger partial charge in [0, 0.05) is 23.6 Å². The van der Waals surface area contributed by atoms with Crippen molar-refractivity contribution in [2.45, 2.75) is 32.7 Å². The second-order valence-corrected chi connectivity index (χ2v) is 6.27. The Bertz CT molecular complexity index is 405. The van der Waals surface area contributed by atoms with Crippen molar-refractivity contribution in [2.24, 2.45) is 5.92 Å². The molecule has 0 spiro atoms. The molecule has 0 amide bonds. The fourth-order valence-corrected chi connectivity index (χ4v) is 3.27. The Kier molecular flexibility index (Phi) is 4.68. The normalized spacial score (nSPS) is 22.0. The molecule has 2 atom stereocenters. The zero-order chi connectivity index (χ0) is 13.1. The first-order valence-electron chi connectivity index (χ1n) is 6.83. The molecule has 1 fully saturated rings. The van der Waals surface area contributed by atoms with Crippen molar-refractivity contribution in [1.29, 1.82) is 0 Å². The number of piperidine rings is 1. The molecular weight excluding hydrogens is 288 g/mol. The monoisotopic (exact) mass is 310 g/mol. The summed E-state index contributed by atoms with van der Waals surface area (Å²) in [7, 11) is 2.00. The van der Waals surface area contributed by atoms with Gasteiger partial charge in [0.15, 0.2) is 0 Å². The van der Waals surface area contributed by atoms with Gasteiger partial charge >= 0.3 is 0 Å². The molecule has 1 saturated heterocycles. The molecule has 1 aliphatic heterocycles. The van der Waals surface area contributed by atoms with Crippen LogP contribution in [0.2, 0.25) is 0 Å². The van der Waals surface area contributed by atoms with Gasteiger partial charge in [-0.3, -0.25) is 0 Å². The lowest BCUT2D eigenvalue weighted by molar-refractivity contribution is 0.446. The van der Waals surface area contributed by atoms with Gasteiger partial charge in [-0.25, -0.2) is 0 Å². The summed E-state index contributed by atoms with van der Waals surface area (Å²) in [5.41, 5.74) is 2.67. The van der Waals surface area contributed by atoms with Gasteiger partial charge in [0.2, 0.25) is 0 Å². The van der Waals surface area contributed by atoms with Gasteiger partial charge in [-0.2, -0.15) is 0 Å². The molecule has 1 N–H and O–H groups in total. The molecule has 0 aromatic heterocycles. The minimum absolute atomic E-state index is 0.399. The maximum Gasteiger partial charge on any atom is 0.0510 e. The number of rotatable bonds is 3. The summed E-state index contributed by atoms with van der Waals surface area (Å²) in [6.45, 7) is 6.89. The molecule has 3 heteroatoms. The molecule has 1 aliphatic rings. The standard InChI is InChI=1S/C15H23BrN2/c1-11-5-4-8-18(10-11)15-7-6-13(9-14(15)16)12(2)17-3/h6-7,9,11-12,17H,4-5,8,10H2,1-3H3. The van der Waals surface area contributed by atoms with E-state index in [4.69, 9.17) is 0 Å². The molecule has 0 aliphatic carbocycles. The van der Waals surface area contributed by atoms with Crippen LogP contribution in [0.5, 0.6) is 0 Å². The summed E-state index contributed by atoms with van der Waals surface area (Å²) in [6.07, 6.45) is 2.67. The molecule has 0 bridgehead atoms. The second kappa shape index (κ2) is 6.07. The Morgan fingerprint density at radius 1 is 1.44 bits per heavy atom. The lowest BCUT2D eigenvalue weighted by Gasteiger charge is -2.33. The Labute approximate surface area is 119 Å². The minimum atomic E-state index is 0.399. The lowest BCUT2D eigenvalue weighted by Crippen LogP contribution is -2.34. The largest absolute Gasteiger partial charge is 0.370 e. The SMILES string of the molecule is CNC(C)c1ccc(N2CCCC(C)C2)c(Br)c1. The van der Waals surface area contributed by atoms with Crippen LogP contribution in [0.4, 0.5) is 5.69 Å². The lowest BCUT2D eigenvalue weighted by atomic mass is 9.99. The first-order valence-corrected chi connectivity index (χ1v) is 7.62. The van der Waals surface area contributed by atoms with E-state index in [1.807, 2.05) is 7.05 Å². The topological polar surface area (TPSA) is 15.3 Å². The molecule has 1 aromatic rings. The number of anilines is 1. The van der Waals surface area contributed by atoms with Crippen LogP contribution in [-0.2, 0) is 0 Å². The molecule has 2 nitrogen and oxygen atoms in total. The maximum absolute atomic E-state index is 3.73. The molecule has 0 saturated carbocycles. The molecule has 100 valence electrons. The highest BCUT2D eigenvalue weighted by molar-refractivity contribution is 9.10. The van der Waals surface area contributed by atoms with Crippen LogP contribution in [-0.4, -0.2) is 20.1 Å². The fraction of sp³-hybridized carbons (Fsp3) is 0.600. The molecular formula is C15H23BrN2. The summed E-state index contributed by atoms with van der Waals surface area (Å²) in [5.74, 6) is 0.807. The highest BCUT2D eigenvalue weighted by Crippen LogP contribution is 2.32. The van der Waals surface area contributed by atoms with E-state index in [1.165, 1.54) is 41.7 Å². The van der Waals surface area contributed by atoms with Crippen LogP contribution in [0.3, 0.4) is 0 Å². The average Bonchev–Trinajstić information content (AvgIpc) is 2.37. The number of hydrogen-bond acceptors (Lipinski definition) is 2. The fourth-order valence-electron chi connectivity index (χ4n) is 2.62. The van der Waals surface area contributed by atoms with Crippen LogP contribution in [0.25, 0.3) is 0 Å². The molecule has 2 unspecified atom stereocenters. The van der Waals surface area contributed by atoms with E-state index in [0.29, 0.717) is 6.04 Å². The number of halogens is 1. The highest BCUT2D eigenvalue weighted by Gasteiger charge is 2.18. The Morgan fingerprint density at radius 2 is 2.22 bits per heavy atom. The van der Waals surface area contributed by atoms with Crippen LogP contribution in [0.15, 0.2) is 22.7 Å². The first-order chi connectivity index (χ1) is 8.61. The predicted octanol–water partition coefficient (Wildman–Crippen LogP) is 3.97. The van der Waals surface area contributed by atoms with Gasteiger partial charge in [-0.15, -0.1) is 0 Å². The Balaban J connectivity index is 2.19. The third-order valence-electron chi connectivity index (χ3n) is 3.90. The van der Waals surface area contributed by atoms with Crippen molar-refractivity contribution in [3.8, 4) is 0 Å². The summed E-state index contributed by atoms with van der Waals surface area (Å²) >= 11 is 3.73. The zero-order valence-corrected chi connectivity index (χ0v) is 13.1. The van der Waals surface area contributed by atoms with Crippen LogP contribution in [0, 0.1) is 5.92 Å². The minimum Gasteiger partial charge on any atom is -0.370 e. The van der Waals surface area contributed by atoms with E-state index in [0.717, 1.165) is 5.92 Å². The number of nitrogens with one attached hydrogen (secondary N) is 1. The predicted molar refractivity (Wildman–Crippen MR) is 82.2 cm³/mol. The smallest absolute Gasteiger partial charge is 0.0510 e. The van der Waals surface area contributed by atoms with E-state index < -0.39 is 0 Å². The Morgan fingerprint density at radius 3 is 2.83 bits per heavy atom. The van der Waals surface area contributed by atoms with E-state index >= 15 is 0 Å². The molecule has 1 heterocycles. The van der Waals surface area contributed by atoms with Crippen molar-refractivity contribution < 1.29 is 0 Å². The van der Waals surface area contributed by atoms with Gasteiger partial charge in [0.25, 0.3) is 0 Å². The van der Waals surface area contributed by atoms with Crippen LogP contribution >= 0.6 is 15.9 Å². The van der Waals surface area contributed by atoms with E-state index in [9.17, 15) is 0 Å². The number of nitrogens with zero attached hydrogens (tertiary/aromatic N) is 1. The van der Waals surface area contributed by atoms with E-state index in [2.05, 4.69) is 58.2 Å². The van der Waals surface area contributed by atoms with Crippen molar-refractivity contribution in [1.82, 2.24) is 5.32 Å². The maximum atomic E-state index is 3.73. The third kappa shape index (κ3) is 3.07. The molecule has 18 heavy (non-hydrogen) atoms. The third-order valence-corrected chi connectivity index (χ3v) is 4.54. The Hall–Kier alpha value is -0.540. The van der Waals surface area contributed by atoms with Gasteiger partial charge in [0.1, 0.15) is 0 Å². The summed E-state index contributed by atoms with van der Waals surface area (Å²) in [6, 6.07) is 7.14. The van der Waals surface area contributed by atoms with Gasteiger partial charge < -0.3 is 10.2 Å². The van der Waals surface area contributed by atoms with Crippen molar-refractivity contribution >= 4 is 21.6 Å². The average molecular weight is 311 g/mol. The van der Waals surface area contributed by atoms with Gasteiger partial charge in [-0.1, -0.05) is 13.0 Å². The molecule has 1 aromatic carbocycles. The molecule has 0 radical (unpaired) electrons. The molecule has 2 rings (SSSR count). The first kappa shape index (κ1) is 13.9. The highest BCUT2D eigenvalue weighted by atomic mass is 79.9. The zero-order valence-electron chi connectivity index (χ0n) is 11.5. The summed E-state index contributed by atoms with van der Waals surface area (Å²) in [4.78, 5) is 2.51. The van der Waals surface area contributed by atoms with Crippen molar-refractivity contribution in [3.63, 3.8) is 0 Å². The number of benzene rings is 1. The van der Waals surface area contributed by atoms with Crippen molar-refractivity contribution in [3.05, 3.63) is 28.2 Å². The van der Waals surface area contributed by atoms with Gasteiger partial charge in [0.05, 0.1) is 5.69 Å². The van der Waals surface area contributed by atoms with E-state index in [-0.39, 0.29) is 0 Å². The van der Waals surface area contributed by atoms with Crippen LogP contribution < -0.4 is 10.2 Å². The number of hydrogen-bond donors (Lipinski definition) is 1. The van der Waals surface area contributed by atoms with E-state index in [1.54, 1.807) is 0 Å². The quantitative estimate of drug-likeness (QED) is 0.909. The van der Waals surface area contributed by atoms with Crippen molar-refractivity contribution in [2.75, 3.05) is 25.0 Å². The second-order valence-electron chi connectivity index (χ2n) is 5.41. The van der Waals surface area contributed by atoms with Gasteiger partial charge in [-0.05, 0) is 66.4 Å². The summed E-state index contributed by atoms with van der Waals surface area (Å²) in [5, 5.41) is 3.28.